The van der Waals surface area contributed by atoms with Crippen LogP contribution >= 0.6 is 0 Å². The monoisotopic (exact) mass is 261 g/mol. The van der Waals surface area contributed by atoms with Gasteiger partial charge in [0.1, 0.15) is 0 Å². The molecule has 0 bridgehead atoms. The molecule has 2 N–H and O–H groups in total. The van der Waals surface area contributed by atoms with E-state index in [1.165, 1.54) is 5.56 Å². The Morgan fingerprint density at radius 2 is 2.16 bits per heavy atom. The van der Waals surface area contributed by atoms with Gasteiger partial charge in [0, 0.05) is 44.3 Å². The van der Waals surface area contributed by atoms with Crippen molar-refractivity contribution in [2.24, 2.45) is 0 Å². The molecule has 0 aliphatic carbocycles. The highest BCUT2D eigenvalue weighted by molar-refractivity contribution is 5.14. The van der Waals surface area contributed by atoms with E-state index in [0.717, 1.165) is 5.69 Å². The summed E-state index contributed by atoms with van der Waals surface area (Å²) in [5, 5.41) is 20.3. The summed E-state index contributed by atoms with van der Waals surface area (Å²) < 4.78 is 1.75. The number of nitrogens with one attached hydrogen (secondary N) is 1. The van der Waals surface area contributed by atoms with Gasteiger partial charge in [0.15, 0.2) is 0 Å². The lowest BCUT2D eigenvalue weighted by Crippen LogP contribution is -2.18. The molecule has 6 nitrogen and oxygen atoms in total. The molecule has 0 unspecified atom stereocenters. The van der Waals surface area contributed by atoms with Gasteiger partial charge < -0.3 is 10.4 Å². The summed E-state index contributed by atoms with van der Waals surface area (Å²) in [6, 6.07) is 4.23. The number of hydrogen-bond acceptors (Lipinski definition) is 5. The van der Waals surface area contributed by atoms with Gasteiger partial charge in [-0.1, -0.05) is 5.21 Å². The van der Waals surface area contributed by atoms with E-state index < -0.39 is 0 Å². The lowest BCUT2D eigenvalue weighted by Gasteiger charge is -2.12. The second-order valence-electron chi connectivity index (χ2n) is 4.43. The van der Waals surface area contributed by atoms with Crippen LogP contribution in [0.5, 0.6) is 0 Å². The van der Waals surface area contributed by atoms with Gasteiger partial charge in [-0.15, -0.1) is 5.10 Å². The van der Waals surface area contributed by atoms with Gasteiger partial charge in [-0.05, 0) is 31.0 Å². The maximum atomic E-state index is 8.76. The molecule has 0 saturated carbocycles. The van der Waals surface area contributed by atoms with Crippen LogP contribution in [0.15, 0.2) is 30.7 Å². The average molecular weight is 261 g/mol. The first-order valence-electron chi connectivity index (χ1n) is 6.43. The largest absolute Gasteiger partial charge is 0.396 e. The molecule has 0 aromatic carbocycles. The number of pyridine rings is 1. The van der Waals surface area contributed by atoms with E-state index in [9.17, 15) is 0 Å². The minimum Gasteiger partial charge on any atom is -0.396 e. The van der Waals surface area contributed by atoms with E-state index in [-0.39, 0.29) is 12.6 Å². The lowest BCUT2D eigenvalue weighted by atomic mass is 10.1. The third-order valence-corrected chi connectivity index (χ3v) is 2.93. The molecular formula is C13H19N5O. The van der Waals surface area contributed by atoms with Crippen molar-refractivity contribution in [1.29, 1.82) is 0 Å². The quantitative estimate of drug-likeness (QED) is 0.774. The van der Waals surface area contributed by atoms with Gasteiger partial charge in [-0.3, -0.25) is 9.67 Å². The van der Waals surface area contributed by atoms with Crippen LogP contribution in [-0.4, -0.2) is 31.7 Å². The van der Waals surface area contributed by atoms with Crippen molar-refractivity contribution in [1.82, 2.24) is 25.3 Å². The van der Waals surface area contributed by atoms with Crippen LogP contribution in [0.4, 0.5) is 0 Å². The Kier molecular flexibility index (Phi) is 5.00. The molecular weight excluding hydrogens is 242 g/mol. The van der Waals surface area contributed by atoms with Crippen LogP contribution in [0, 0.1) is 0 Å². The molecule has 2 aromatic heterocycles. The summed E-state index contributed by atoms with van der Waals surface area (Å²) in [6.07, 6.45) is 6.18. The molecule has 102 valence electrons. The molecule has 19 heavy (non-hydrogen) atoms. The van der Waals surface area contributed by atoms with Gasteiger partial charge in [0.2, 0.25) is 0 Å². The van der Waals surface area contributed by atoms with Gasteiger partial charge in [-0.25, -0.2) is 0 Å². The third kappa shape index (κ3) is 4.11. The average Bonchev–Trinajstić information content (AvgIpc) is 2.91. The Labute approximate surface area is 112 Å². The van der Waals surface area contributed by atoms with Gasteiger partial charge in [0.05, 0.1) is 5.69 Å². The number of hydrogen-bond donors (Lipinski definition) is 2. The zero-order valence-corrected chi connectivity index (χ0v) is 11.0. The molecule has 0 aliphatic rings. The summed E-state index contributed by atoms with van der Waals surface area (Å²) in [7, 11) is 0. The zero-order chi connectivity index (χ0) is 13.5. The predicted molar refractivity (Wildman–Crippen MR) is 71.2 cm³/mol. The maximum absolute atomic E-state index is 8.76. The Hall–Kier alpha value is -1.79. The standard InChI is InChI=1S/C13H19N5O/c1-11(12-3-5-14-6-4-12)15-9-13-10-18(17-16-13)7-2-8-19/h3-6,10-11,15,19H,2,7-9H2,1H3/t11-/m1/s1. The molecule has 0 amide bonds. The fourth-order valence-corrected chi connectivity index (χ4v) is 1.79. The smallest absolute Gasteiger partial charge is 0.0965 e. The first kappa shape index (κ1) is 13.6. The van der Waals surface area contributed by atoms with Crippen LogP contribution in [0.3, 0.4) is 0 Å². The summed E-state index contributed by atoms with van der Waals surface area (Å²) in [6.45, 7) is 3.64. The number of aromatic nitrogens is 4. The molecule has 2 aromatic rings. The normalized spacial score (nSPS) is 12.5. The van der Waals surface area contributed by atoms with Crippen LogP contribution in [0.1, 0.15) is 30.6 Å². The topological polar surface area (TPSA) is 75.9 Å². The molecule has 0 radical (unpaired) electrons. The zero-order valence-electron chi connectivity index (χ0n) is 11.0. The predicted octanol–water partition coefficient (Wildman–Crippen LogP) is 0.906. The number of rotatable bonds is 7. The molecule has 2 heterocycles. The molecule has 0 aliphatic heterocycles. The number of aliphatic hydroxyl groups excluding tert-OH is 1. The van der Waals surface area contributed by atoms with Crippen molar-refractivity contribution in [2.75, 3.05) is 6.61 Å². The van der Waals surface area contributed by atoms with Gasteiger partial charge >= 0.3 is 0 Å². The van der Waals surface area contributed by atoms with Gasteiger partial charge in [-0.2, -0.15) is 0 Å². The highest BCUT2D eigenvalue weighted by Crippen LogP contribution is 2.10. The fourth-order valence-electron chi connectivity index (χ4n) is 1.79. The molecule has 6 heteroatoms. The van der Waals surface area contributed by atoms with Crippen molar-refractivity contribution in [3.8, 4) is 0 Å². The summed E-state index contributed by atoms with van der Waals surface area (Å²) in [4.78, 5) is 4.00. The van der Waals surface area contributed by atoms with Crippen molar-refractivity contribution in [3.63, 3.8) is 0 Å². The van der Waals surface area contributed by atoms with E-state index in [0.29, 0.717) is 19.5 Å². The van der Waals surface area contributed by atoms with Gasteiger partial charge in [0.25, 0.3) is 0 Å². The van der Waals surface area contributed by atoms with Crippen molar-refractivity contribution < 1.29 is 5.11 Å². The Bertz CT molecular complexity index is 485. The van der Waals surface area contributed by atoms with Crippen LogP contribution in [0.2, 0.25) is 0 Å². The summed E-state index contributed by atoms with van der Waals surface area (Å²) in [5.41, 5.74) is 2.10. The molecule has 0 saturated heterocycles. The second kappa shape index (κ2) is 6.96. The Morgan fingerprint density at radius 1 is 1.37 bits per heavy atom. The van der Waals surface area contributed by atoms with Crippen molar-refractivity contribution in [3.05, 3.63) is 42.0 Å². The highest BCUT2D eigenvalue weighted by atomic mass is 16.3. The number of nitrogens with zero attached hydrogens (tertiary/aromatic N) is 4. The first-order chi connectivity index (χ1) is 9.29. The lowest BCUT2D eigenvalue weighted by molar-refractivity contribution is 0.276. The maximum Gasteiger partial charge on any atom is 0.0965 e. The van der Waals surface area contributed by atoms with E-state index in [1.54, 1.807) is 17.1 Å². The van der Waals surface area contributed by atoms with Crippen LogP contribution in [0.25, 0.3) is 0 Å². The first-order valence-corrected chi connectivity index (χ1v) is 6.43. The van der Waals surface area contributed by atoms with E-state index in [4.69, 9.17) is 5.11 Å². The van der Waals surface area contributed by atoms with Crippen LogP contribution < -0.4 is 5.32 Å². The molecule has 0 fully saturated rings. The number of aryl methyl sites for hydroxylation is 1. The molecule has 2 rings (SSSR count). The summed E-state index contributed by atoms with van der Waals surface area (Å²) in [5.74, 6) is 0. The number of aliphatic hydroxyl groups is 1. The third-order valence-electron chi connectivity index (χ3n) is 2.93. The fraction of sp³-hybridized carbons (Fsp3) is 0.462. The molecule has 0 spiro atoms. The second-order valence-corrected chi connectivity index (χ2v) is 4.43. The summed E-state index contributed by atoms with van der Waals surface area (Å²) >= 11 is 0. The Morgan fingerprint density at radius 3 is 2.89 bits per heavy atom. The van der Waals surface area contributed by atoms with E-state index >= 15 is 0 Å². The van der Waals surface area contributed by atoms with E-state index in [1.807, 2.05) is 18.3 Å². The van der Waals surface area contributed by atoms with Crippen molar-refractivity contribution >= 4 is 0 Å². The Balaban J connectivity index is 1.83. The van der Waals surface area contributed by atoms with Crippen LogP contribution in [-0.2, 0) is 13.1 Å². The van der Waals surface area contributed by atoms with Crippen molar-refractivity contribution in [2.45, 2.75) is 32.5 Å². The molecule has 1 atom stereocenters. The SMILES string of the molecule is C[C@@H](NCc1cn(CCCO)nn1)c1ccncc1. The minimum absolute atomic E-state index is 0.173. The highest BCUT2D eigenvalue weighted by Gasteiger charge is 2.06. The minimum atomic E-state index is 0.173. The van der Waals surface area contributed by atoms with E-state index in [2.05, 4.69) is 27.5 Å².